The summed E-state index contributed by atoms with van der Waals surface area (Å²) < 4.78 is 0. The maximum absolute atomic E-state index is 5.15. The second kappa shape index (κ2) is 12.5. The van der Waals surface area contributed by atoms with Crippen molar-refractivity contribution in [3.8, 4) is 0 Å². The van der Waals surface area contributed by atoms with Gasteiger partial charge in [-0.05, 0) is 43.4 Å². The molecule has 0 saturated carbocycles. The molecule has 2 N–H and O–H groups in total. The van der Waals surface area contributed by atoms with Gasteiger partial charge in [-0.2, -0.15) is 0 Å². The third-order valence-corrected chi connectivity index (χ3v) is 7.22. The van der Waals surface area contributed by atoms with Crippen LogP contribution in [0.25, 0.3) is 0 Å². The van der Waals surface area contributed by atoms with Crippen LogP contribution in [-0.4, -0.2) is 41.4 Å². The van der Waals surface area contributed by atoms with E-state index < -0.39 is 0 Å². The molecular formula is C26H33Cl2N5S. The van der Waals surface area contributed by atoms with Crippen LogP contribution in [0.4, 0.5) is 16.4 Å². The molecule has 1 aromatic heterocycles. The van der Waals surface area contributed by atoms with E-state index in [1.807, 2.05) is 0 Å². The minimum Gasteiger partial charge on any atom is -0.352 e. The molecule has 2 aliphatic rings. The predicted molar refractivity (Wildman–Crippen MR) is 149 cm³/mol. The third kappa shape index (κ3) is 6.11. The van der Waals surface area contributed by atoms with Crippen LogP contribution in [0.15, 0.2) is 59.6 Å². The van der Waals surface area contributed by atoms with Crippen LogP contribution in [0.3, 0.4) is 0 Å². The average molecular weight is 519 g/mol. The van der Waals surface area contributed by atoms with Gasteiger partial charge < -0.3 is 15.5 Å². The van der Waals surface area contributed by atoms with Gasteiger partial charge in [0.05, 0.1) is 16.4 Å². The highest BCUT2D eigenvalue weighted by Crippen LogP contribution is 2.38. The lowest BCUT2D eigenvalue weighted by Gasteiger charge is -2.35. The van der Waals surface area contributed by atoms with E-state index in [0.29, 0.717) is 6.04 Å². The minimum atomic E-state index is 0. The number of hydrogen-bond acceptors (Lipinski definition) is 6. The standard InChI is InChI=1S/C26H31N5S.2ClH/c1-2-3-13-23-30-24-25(28-21-11-7-8-12-22(21)29-26(24)32-23)31-17-16-27-20(18-31)15-14-19-9-5-4-6-10-19;;/h4-12,20,27,29H,2-3,13-18H2,1H3;2*1H. The van der Waals surface area contributed by atoms with E-state index in [9.17, 15) is 0 Å². The van der Waals surface area contributed by atoms with Gasteiger partial charge in [-0.15, -0.1) is 36.2 Å². The number of fused-ring (bicyclic) bond motifs is 2. The second-order valence-electron chi connectivity index (χ2n) is 8.59. The highest BCUT2D eigenvalue weighted by molar-refractivity contribution is 7.16. The molecule has 5 rings (SSSR count). The molecule has 3 heterocycles. The number of halogens is 2. The number of para-hydroxylation sites is 2. The molecule has 0 amide bonds. The summed E-state index contributed by atoms with van der Waals surface area (Å²) in [6.07, 6.45) is 5.60. The Labute approximate surface area is 218 Å². The molecule has 1 atom stereocenters. The van der Waals surface area contributed by atoms with Crippen LogP contribution in [0.2, 0.25) is 0 Å². The Hall–Kier alpha value is -2.12. The van der Waals surface area contributed by atoms with Gasteiger partial charge >= 0.3 is 0 Å². The predicted octanol–water partition coefficient (Wildman–Crippen LogP) is 6.37. The van der Waals surface area contributed by atoms with Crippen molar-refractivity contribution < 1.29 is 0 Å². The summed E-state index contributed by atoms with van der Waals surface area (Å²) in [4.78, 5) is 12.7. The van der Waals surface area contributed by atoms with Crippen molar-refractivity contribution in [2.24, 2.45) is 4.99 Å². The highest BCUT2D eigenvalue weighted by atomic mass is 35.5. The topological polar surface area (TPSA) is 52.6 Å². The Kier molecular flexibility index (Phi) is 9.77. The van der Waals surface area contributed by atoms with Gasteiger partial charge in [0.15, 0.2) is 5.84 Å². The minimum absolute atomic E-state index is 0. The fraction of sp³-hybridized carbons (Fsp3) is 0.385. The van der Waals surface area contributed by atoms with Gasteiger partial charge in [-0.3, -0.25) is 0 Å². The fourth-order valence-electron chi connectivity index (χ4n) is 4.42. The van der Waals surface area contributed by atoms with Crippen LogP contribution in [0.5, 0.6) is 0 Å². The maximum Gasteiger partial charge on any atom is 0.158 e. The molecule has 3 aromatic rings. The number of unbranched alkanes of at least 4 members (excludes halogenated alkanes) is 1. The van der Waals surface area contributed by atoms with E-state index in [1.165, 1.54) is 23.4 Å². The number of rotatable bonds is 6. The number of aryl methyl sites for hydroxylation is 2. The quantitative estimate of drug-likeness (QED) is 0.398. The average Bonchev–Trinajstić information content (AvgIpc) is 3.16. The zero-order valence-electron chi connectivity index (χ0n) is 19.5. The van der Waals surface area contributed by atoms with E-state index in [1.54, 1.807) is 11.3 Å². The zero-order chi connectivity index (χ0) is 21.8. The smallest absolute Gasteiger partial charge is 0.158 e. The van der Waals surface area contributed by atoms with Crippen LogP contribution in [-0.2, 0) is 12.8 Å². The molecule has 0 spiro atoms. The third-order valence-electron chi connectivity index (χ3n) is 6.19. The van der Waals surface area contributed by atoms with Crippen molar-refractivity contribution in [2.45, 2.75) is 45.1 Å². The van der Waals surface area contributed by atoms with E-state index >= 15 is 0 Å². The SMILES string of the molecule is CCCCc1nc2c(s1)Nc1ccccc1N=C2N1CCNC(CCc2ccccc2)C1.Cl.Cl. The molecule has 0 bridgehead atoms. The summed E-state index contributed by atoms with van der Waals surface area (Å²) in [6, 6.07) is 19.5. The first-order valence-corrected chi connectivity index (χ1v) is 12.6. The second-order valence-corrected chi connectivity index (χ2v) is 9.67. The van der Waals surface area contributed by atoms with Crippen LogP contribution < -0.4 is 10.6 Å². The van der Waals surface area contributed by atoms with Crippen LogP contribution in [0.1, 0.15) is 42.5 Å². The molecule has 0 aliphatic carbocycles. The molecule has 8 heteroatoms. The number of piperazine rings is 1. The summed E-state index contributed by atoms with van der Waals surface area (Å²) in [7, 11) is 0. The molecule has 5 nitrogen and oxygen atoms in total. The number of thiazole rings is 1. The van der Waals surface area contributed by atoms with Crippen LogP contribution in [0, 0.1) is 0 Å². The van der Waals surface area contributed by atoms with Crippen molar-refractivity contribution in [2.75, 3.05) is 25.0 Å². The number of benzene rings is 2. The molecule has 2 aromatic carbocycles. The Morgan fingerprint density at radius 3 is 2.65 bits per heavy atom. The van der Waals surface area contributed by atoms with Gasteiger partial charge in [0.2, 0.25) is 0 Å². The lowest BCUT2D eigenvalue weighted by Crippen LogP contribution is -2.53. The Balaban J connectivity index is 0.00000162. The number of aromatic nitrogens is 1. The zero-order valence-corrected chi connectivity index (χ0v) is 21.9. The number of hydrogen-bond donors (Lipinski definition) is 2. The molecule has 1 unspecified atom stereocenters. The van der Waals surface area contributed by atoms with E-state index in [2.05, 4.69) is 77.1 Å². The highest BCUT2D eigenvalue weighted by Gasteiger charge is 2.28. The van der Waals surface area contributed by atoms with E-state index in [-0.39, 0.29) is 24.8 Å². The summed E-state index contributed by atoms with van der Waals surface area (Å²) in [5.41, 5.74) is 4.46. The van der Waals surface area contributed by atoms with Crippen molar-refractivity contribution in [3.05, 3.63) is 70.9 Å². The lowest BCUT2D eigenvalue weighted by atomic mass is 10.0. The first kappa shape index (κ1) is 26.5. The van der Waals surface area contributed by atoms with Crippen molar-refractivity contribution in [1.29, 1.82) is 0 Å². The van der Waals surface area contributed by atoms with Gasteiger partial charge in [0.25, 0.3) is 0 Å². The molecule has 34 heavy (non-hydrogen) atoms. The Bertz CT molecular complexity index is 1090. The normalized spacial score (nSPS) is 16.7. The Morgan fingerprint density at radius 2 is 1.82 bits per heavy atom. The number of amidine groups is 1. The molecule has 2 aliphatic heterocycles. The maximum atomic E-state index is 5.15. The summed E-state index contributed by atoms with van der Waals surface area (Å²) in [5, 5.41) is 9.67. The molecule has 1 saturated heterocycles. The van der Waals surface area contributed by atoms with Gasteiger partial charge in [-0.25, -0.2) is 9.98 Å². The molecule has 0 radical (unpaired) electrons. The van der Waals surface area contributed by atoms with Crippen molar-refractivity contribution in [3.63, 3.8) is 0 Å². The summed E-state index contributed by atoms with van der Waals surface area (Å²) in [6.45, 7) is 5.10. The van der Waals surface area contributed by atoms with Gasteiger partial charge in [0.1, 0.15) is 10.7 Å². The number of anilines is 2. The first-order chi connectivity index (χ1) is 15.8. The lowest BCUT2D eigenvalue weighted by molar-refractivity contribution is 0.282. The largest absolute Gasteiger partial charge is 0.352 e. The van der Waals surface area contributed by atoms with Gasteiger partial charge in [0, 0.05) is 25.7 Å². The van der Waals surface area contributed by atoms with Crippen molar-refractivity contribution >= 4 is 58.4 Å². The van der Waals surface area contributed by atoms with Crippen molar-refractivity contribution in [1.82, 2.24) is 15.2 Å². The van der Waals surface area contributed by atoms with E-state index in [4.69, 9.17) is 9.98 Å². The molecular weight excluding hydrogens is 485 g/mol. The molecule has 1 fully saturated rings. The summed E-state index contributed by atoms with van der Waals surface area (Å²) in [5.74, 6) is 1.02. The number of aliphatic imine (C=N–C) groups is 1. The fourth-order valence-corrected chi connectivity index (χ4v) is 5.43. The Morgan fingerprint density at radius 1 is 1.03 bits per heavy atom. The summed E-state index contributed by atoms with van der Waals surface area (Å²) >= 11 is 1.78. The van der Waals surface area contributed by atoms with E-state index in [0.717, 1.165) is 66.8 Å². The van der Waals surface area contributed by atoms with Gasteiger partial charge in [-0.1, -0.05) is 55.8 Å². The molecule has 182 valence electrons. The first-order valence-electron chi connectivity index (χ1n) is 11.8. The monoisotopic (exact) mass is 517 g/mol. The van der Waals surface area contributed by atoms with Crippen LogP contribution >= 0.6 is 36.2 Å². The number of nitrogens with one attached hydrogen (secondary N) is 2. The number of nitrogens with zero attached hydrogens (tertiary/aromatic N) is 3.